The van der Waals surface area contributed by atoms with Gasteiger partial charge in [-0.15, -0.1) is 0 Å². The number of carbonyl (C=O) groups excluding carboxylic acids is 2. The standard InChI is InChI=1S/C17H17ClN2O4/c1-23-15-5-3-2-4-11(15)9-20-16(21)10-24-17(22)13-8-12(18)6-7-14(13)19/h2-8H,9-10,19H2,1H3,(H,20,21). The van der Waals surface area contributed by atoms with E-state index in [2.05, 4.69) is 5.32 Å². The number of halogens is 1. The van der Waals surface area contributed by atoms with Gasteiger partial charge in [0.25, 0.3) is 5.91 Å². The number of nitrogens with one attached hydrogen (secondary N) is 1. The fraction of sp³-hybridized carbons (Fsp3) is 0.176. The van der Waals surface area contributed by atoms with Gasteiger partial charge in [0.15, 0.2) is 6.61 Å². The average Bonchev–Trinajstić information content (AvgIpc) is 2.60. The highest BCUT2D eigenvalue weighted by Gasteiger charge is 2.14. The summed E-state index contributed by atoms with van der Waals surface area (Å²) < 4.78 is 10.1. The van der Waals surface area contributed by atoms with Crippen LogP contribution in [0, 0.1) is 0 Å². The molecule has 0 aliphatic rings. The molecule has 0 saturated heterocycles. The zero-order chi connectivity index (χ0) is 17.5. The normalized spacial score (nSPS) is 10.1. The molecule has 2 aromatic carbocycles. The number of esters is 1. The molecule has 0 aromatic heterocycles. The summed E-state index contributed by atoms with van der Waals surface area (Å²) in [4.78, 5) is 23.8. The zero-order valence-corrected chi connectivity index (χ0v) is 13.8. The predicted octanol–water partition coefficient (Wildman–Crippen LogP) is 2.40. The van der Waals surface area contributed by atoms with Crippen molar-refractivity contribution in [2.45, 2.75) is 6.54 Å². The van der Waals surface area contributed by atoms with Crippen molar-refractivity contribution in [3.8, 4) is 5.75 Å². The van der Waals surface area contributed by atoms with Crippen molar-refractivity contribution in [2.75, 3.05) is 19.5 Å². The monoisotopic (exact) mass is 348 g/mol. The Morgan fingerprint density at radius 3 is 2.71 bits per heavy atom. The highest BCUT2D eigenvalue weighted by atomic mass is 35.5. The first-order valence-corrected chi connectivity index (χ1v) is 7.50. The highest BCUT2D eigenvalue weighted by Crippen LogP contribution is 2.19. The molecule has 126 valence electrons. The molecular formula is C17H17ClN2O4. The Bertz CT molecular complexity index is 749. The predicted molar refractivity (Wildman–Crippen MR) is 91.0 cm³/mol. The van der Waals surface area contributed by atoms with Crippen molar-refractivity contribution in [3.05, 3.63) is 58.6 Å². The van der Waals surface area contributed by atoms with Crippen molar-refractivity contribution in [2.24, 2.45) is 0 Å². The third-order valence-corrected chi connectivity index (χ3v) is 3.47. The van der Waals surface area contributed by atoms with Gasteiger partial charge in [-0.25, -0.2) is 4.79 Å². The molecule has 0 bridgehead atoms. The van der Waals surface area contributed by atoms with E-state index in [-0.39, 0.29) is 17.8 Å². The summed E-state index contributed by atoms with van der Waals surface area (Å²) in [6.45, 7) is -0.153. The highest BCUT2D eigenvalue weighted by molar-refractivity contribution is 6.31. The number of carbonyl (C=O) groups is 2. The summed E-state index contributed by atoms with van der Waals surface area (Å²) in [5, 5.41) is 3.01. The molecule has 24 heavy (non-hydrogen) atoms. The second-order valence-electron chi connectivity index (χ2n) is 4.90. The molecule has 2 aromatic rings. The van der Waals surface area contributed by atoms with Crippen LogP contribution in [0.3, 0.4) is 0 Å². The molecule has 1 amide bonds. The maximum atomic E-state index is 11.9. The summed E-state index contributed by atoms with van der Waals surface area (Å²) in [5.74, 6) is -0.473. The number of benzene rings is 2. The minimum atomic E-state index is -0.706. The zero-order valence-electron chi connectivity index (χ0n) is 13.0. The summed E-state index contributed by atoms with van der Waals surface area (Å²) in [6.07, 6.45) is 0. The van der Waals surface area contributed by atoms with E-state index in [4.69, 9.17) is 26.8 Å². The number of methoxy groups -OCH3 is 1. The Labute approximate surface area is 144 Å². The maximum Gasteiger partial charge on any atom is 0.340 e. The summed E-state index contributed by atoms with van der Waals surface area (Å²) in [6, 6.07) is 11.8. The Balaban J connectivity index is 1.87. The lowest BCUT2D eigenvalue weighted by Crippen LogP contribution is -2.28. The van der Waals surface area contributed by atoms with Crippen LogP contribution >= 0.6 is 11.6 Å². The molecule has 0 fully saturated rings. The Morgan fingerprint density at radius 1 is 1.21 bits per heavy atom. The van der Waals surface area contributed by atoms with Gasteiger partial charge in [-0.05, 0) is 24.3 Å². The summed E-state index contributed by atoms with van der Waals surface area (Å²) in [7, 11) is 1.55. The Kier molecular flexibility index (Phi) is 6.03. The van der Waals surface area contributed by atoms with Crippen LogP contribution < -0.4 is 15.8 Å². The first kappa shape index (κ1) is 17.6. The lowest BCUT2D eigenvalue weighted by atomic mass is 10.2. The molecule has 6 nitrogen and oxygen atoms in total. The lowest BCUT2D eigenvalue weighted by Gasteiger charge is -2.10. The number of amides is 1. The van der Waals surface area contributed by atoms with Crippen LogP contribution in [-0.4, -0.2) is 25.6 Å². The van der Waals surface area contributed by atoms with Crippen LogP contribution in [-0.2, 0) is 16.1 Å². The van der Waals surface area contributed by atoms with Crippen molar-refractivity contribution < 1.29 is 19.1 Å². The van der Waals surface area contributed by atoms with E-state index in [0.29, 0.717) is 10.8 Å². The van der Waals surface area contributed by atoms with E-state index >= 15 is 0 Å². The lowest BCUT2D eigenvalue weighted by molar-refractivity contribution is -0.124. The number of rotatable bonds is 6. The number of nitrogens with two attached hydrogens (primary N) is 1. The SMILES string of the molecule is COc1ccccc1CNC(=O)COC(=O)c1cc(Cl)ccc1N. The topological polar surface area (TPSA) is 90.6 Å². The van der Waals surface area contributed by atoms with Gasteiger partial charge in [0.2, 0.25) is 0 Å². The van der Waals surface area contributed by atoms with E-state index < -0.39 is 18.5 Å². The minimum absolute atomic E-state index is 0.125. The summed E-state index contributed by atoms with van der Waals surface area (Å²) >= 11 is 5.82. The molecular weight excluding hydrogens is 332 g/mol. The smallest absolute Gasteiger partial charge is 0.340 e. The fourth-order valence-electron chi connectivity index (χ4n) is 2.01. The maximum absolute atomic E-state index is 11.9. The van der Waals surface area contributed by atoms with Gasteiger partial charge in [-0.3, -0.25) is 4.79 Å². The average molecular weight is 349 g/mol. The van der Waals surface area contributed by atoms with Gasteiger partial charge >= 0.3 is 5.97 Å². The number of hydrogen-bond acceptors (Lipinski definition) is 5. The number of ether oxygens (including phenoxy) is 2. The van der Waals surface area contributed by atoms with Gasteiger partial charge in [-0.1, -0.05) is 29.8 Å². The fourth-order valence-corrected chi connectivity index (χ4v) is 2.18. The number of nitrogen functional groups attached to an aromatic ring is 1. The van der Waals surface area contributed by atoms with E-state index in [1.165, 1.54) is 12.1 Å². The number of hydrogen-bond donors (Lipinski definition) is 2. The minimum Gasteiger partial charge on any atom is -0.496 e. The molecule has 7 heteroatoms. The Morgan fingerprint density at radius 2 is 1.96 bits per heavy atom. The molecule has 0 aliphatic heterocycles. The number of para-hydroxylation sites is 1. The van der Waals surface area contributed by atoms with Crippen molar-refractivity contribution in [1.82, 2.24) is 5.32 Å². The van der Waals surface area contributed by atoms with Crippen LogP contribution in [0.1, 0.15) is 15.9 Å². The molecule has 0 aliphatic carbocycles. The Hall–Kier alpha value is -2.73. The van der Waals surface area contributed by atoms with Crippen molar-refractivity contribution in [3.63, 3.8) is 0 Å². The molecule has 0 saturated carbocycles. The largest absolute Gasteiger partial charge is 0.496 e. The summed E-state index contributed by atoms with van der Waals surface area (Å²) in [5.41, 5.74) is 6.87. The van der Waals surface area contributed by atoms with Gasteiger partial charge in [0, 0.05) is 22.8 Å². The van der Waals surface area contributed by atoms with E-state index in [1.54, 1.807) is 19.2 Å². The first-order valence-electron chi connectivity index (χ1n) is 7.12. The van der Waals surface area contributed by atoms with Gasteiger partial charge < -0.3 is 20.5 Å². The van der Waals surface area contributed by atoms with Crippen LogP contribution in [0.2, 0.25) is 5.02 Å². The first-order chi connectivity index (χ1) is 11.5. The van der Waals surface area contributed by atoms with E-state index in [9.17, 15) is 9.59 Å². The van der Waals surface area contributed by atoms with Gasteiger partial charge in [0.1, 0.15) is 5.75 Å². The van der Waals surface area contributed by atoms with Crippen molar-refractivity contribution >= 4 is 29.2 Å². The molecule has 3 N–H and O–H groups in total. The van der Waals surface area contributed by atoms with Crippen LogP contribution in [0.5, 0.6) is 5.75 Å². The molecule has 0 radical (unpaired) electrons. The van der Waals surface area contributed by atoms with Crippen molar-refractivity contribution in [1.29, 1.82) is 0 Å². The molecule has 0 unspecified atom stereocenters. The van der Waals surface area contributed by atoms with Crippen LogP contribution in [0.15, 0.2) is 42.5 Å². The second kappa shape index (κ2) is 8.21. The quantitative estimate of drug-likeness (QED) is 0.618. The van der Waals surface area contributed by atoms with Gasteiger partial charge in [-0.2, -0.15) is 0 Å². The van der Waals surface area contributed by atoms with E-state index in [0.717, 1.165) is 5.56 Å². The molecule has 0 spiro atoms. The molecule has 0 heterocycles. The second-order valence-corrected chi connectivity index (χ2v) is 5.33. The molecule has 0 atom stereocenters. The van der Waals surface area contributed by atoms with Crippen LogP contribution in [0.25, 0.3) is 0 Å². The molecule has 2 rings (SSSR count). The van der Waals surface area contributed by atoms with Crippen LogP contribution in [0.4, 0.5) is 5.69 Å². The third kappa shape index (κ3) is 4.63. The van der Waals surface area contributed by atoms with Gasteiger partial charge in [0.05, 0.1) is 12.7 Å². The van der Waals surface area contributed by atoms with E-state index in [1.807, 2.05) is 18.2 Å². The third-order valence-electron chi connectivity index (χ3n) is 3.24. The number of anilines is 1.